The number of hydrogen-bond acceptors (Lipinski definition) is 2. The minimum atomic E-state index is -4.61. The predicted molar refractivity (Wildman–Crippen MR) is 90.8 cm³/mol. The van der Waals surface area contributed by atoms with Crippen molar-refractivity contribution in [1.29, 1.82) is 0 Å². The van der Waals surface area contributed by atoms with Gasteiger partial charge >= 0.3 is 6.18 Å². The number of alkyl halides is 3. The van der Waals surface area contributed by atoms with E-state index in [2.05, 4.69) is 4.99 Å². The van der Waals surface area contributed by atoms with Gasteiger partial charge in [0.1, 0.15) is 5.71 Å². The van der Waals surface area contributed by atoms with Gasteiger partial charge in [0, 0.05) is 4.90 Å². The standard InChI is InChI=1S/C18H18F3NOS/c1-13-8-10-16(11-9-13)24(23)12-17(18(19,20)21)22-14(2)15-6-4-3-5-7-15/h3-11,14H,12H2,1-2H3/t14-,24-/m1/s1. The van der Waals surface area contributed by atoms with Gasteiger partial charge < -0.3 is 0 Å². The zero-order valence-corrected chi connectivity index (χ0v) is 14.2. The first-order valence-corrected chi connectivity index (χ1v) is 8.73. The lowest BCUT2D eigenvalue weighted by Gasteiger charge is -2.14. The summed E-state index contributed by atoms with van der Waals surface area (Å²) in [5.74, 6) is -0.649. The molecule has 2 atom stereocenters. The van der Waals surface area contributed by atoms with Crippen LogP contribution in [0.1, 0.15) is 24.1 Å². The van der Waals surface area contributed by atoms with E-state index in [1.807, 2.05) is 6.92 Å². The average Bonchev–Trinajstić information content (AvgIpc) is 2.54. The molecule has 0 heterocycles. The fraction of sp³-hybridized carbons (Fsp3) is 0.278. The van der Waals surface area contributed by atoms with Crippen molar-refractivity contribution >= 4 is 16.5 Å². The van der Waals surface area contributed by atoms with Gasteiger partial charge in [0.05, 0.1) is 22.6 Å². The summed E-state index contributed by atoms with van der Waals surface area (Å²) in [6.45, 7) is 3.45. The Morgan fingerprint density at radius 1 is 1.08 bits per heavy atom. The first kappa shape index (κ1) is 18.4. The molecular weight excluding hydrogens is 335 g/mol. The van der Waals surface area contributed by atoms with Gasteiger partial charge in [0.25, 0.3) is 0 Å². The molecule has 0 saturated heterocycles. The van der Waals surface area contributed by atoms with E-state index >= 15 is 0 Å². The molecule has 2 nitrogen and oxygen atoms in total. The molecule has 6 heteroatoms. The smallest absolute Gasteiger partial charge is 0.276 e. The fourth-order valence-electron chi connectivity index (χ4n) is 2.13. The van der Waals surface area contributed by atoms with Crippen molar-refractivity contribution in [3.8, 4) is 0 Å². The van der Waals surface area contributed by atoms with Crippen LogP contribution in [0.4, 0.5) is 13.2 Å². The summed E-state index contributed by atoms with van der Waals surface area (Å²) in [5.41, 5.74) is 0.635. The largest absolute Gasteiger partial charge is 0.430 e. The highest BCUT2D eigenvalue weighted by molar-refractivity contribution is 7.85. The fourth-order valence-corrected chi connectivity index (χ4v) is 3.22. The van der Waals surface area contributed by atoms with Gasteiger partial charge in [0.15, 0.2) is 0 Å². The molecular formula is C18H18F3NOS. The van der Waals surface area contributed by atoms with E-state index in [4.69, 9.17) is 0 Å². The van der Waals surface area contributed by atoms with Crippen LogP contribution < -0.4 is 0 Å². The van der Waals surface area contributed by atoms with Crippen LogP contribution in [0.15, 0.2) is 64.5 Å². The van der Waals surface area contributed by atoms with Crippen molar-refractivity contribution in [2.24, 2.45) is 4.99 Å². The zero-order valence-electron chi connectivity index (χ0n) is 13.4. The Kier molecular flexibility index (Phi) is 5.94. The van der Waals surface area contributed by atoms with Crippen LogP contribution in [-0.2, 0) is 10.8 Å². The number of aryl methyl sites for hydroxylation is 1. The molecule has 0 aliphatic rings. The molecule has 2 rings (SSSR count). The first-order chi connectivity index (χ1) is 11.3. The zero-order chi connectivity index (χ0) is 17.7. The number of halogens is 3. The number of aliphatic imine (C=N–C) groups is 1. The van der Waals surface area contributed by atoms with E-state index in [1.165, 1.54) is 0 Å². The third-order valence-corrected chi connectivity index (χ3v) is 4.84. The molecule has 0 aromatic heterocycles. The van der Waals surface area contributed by atoms with Crippen molar-refractivity contribution in [2.75, 3.05) is 5.75 Å². The molecule has 0 fully saturated rings. The lowest BCUT2D eigenvalue weighted by atomic mass is 10.1. The Bertz CT molecular complexity index is 724. The van der Waals surface area contributed by atoms with E-state index in [9.17, 15) is 17.4 Å². The SMILES string of the molecule is Cc1ccc([S@](=O)CC(=N[C@H](C)c2ccccc2)C(F)(F)F)cc1. The maximum atomic E-state index is 13.3. The van der Waals surface area contributed by atoms with Gasteiger partial charge in [0.2, 0.25) is 0 Å². The molecule has 0 saturated carbocycles. The van der Waals surface area contributed by atoms with E-state index in [0.29, 0.717) is 10.5 Å². The van der Waals surface area contributed by atoms with Crippen molar-refractivity contribution in [3.63, 3.8) is 0 Å². The maximum absolute atomic E-state index is 13.3. The third kappa shape index (κ3) is 5.03. The number of rotatable bonds is 5. The van der Waals surface area contributed by atoms with Crippen molar-refractivity contribution < 1.29 is 17.4 Å². The Labute approximate surface area is 141 Å². The normalized spacial score (nSPS) is 15.1. The highest BCUT2D eigenvalue weighted by Gasteiger charge is 2.37. The molecule has 2 aromatic rings. The number of nitrogens with zero attached hydrogens (tertiary/aromatic N) is 1. The van der Waals surface area contributed by atoms with E-state index in [1.54, 1.807) is 61.5 Å². The van der Waals surface area contributed by atoms with Gasteiger partial charge in [-0.05, 0) is 31.5 Å². The summed E-state index contributed by atoms with van der Waals surface area (Å²) in [6.07, 6.45) is -4.61. The highest BCUT2D eigenvalue weighted by atomic mass is 32.2. The second-order valence-electron chi connectivity index (χ2n) is 5.46. The van der Waals surface area contributed by atoms with Gasteiger partial charge in [-0.1, -0.05) is 48.0 Å². The molecule has 0 aliphatic heterocycles. The van der Waals surface area contributed by atoms with Gasteiger partial charge in [-0.15, -0.1) is 0 Å². The van der Waals surface area contributed by atoms with Crippen LogP contribution in [0.25, 0.3) is 0 Å². The summed E-state index contributed by atoms with van der Waals surface area (Å²) in [6, 6.07) is 14.7. The van der Waals surface area contributed by atoms with Crippen molar-refractivity contribution in [1.82, 2.24) is 0 Å². The number of benzene rings is 2. The van der Waals surface area contributed by atoms with Crippen LogP contribution >= 0.6 is 0 Å². The van der Waals surface area contributed by atoms with Crippen molar-refractivity contribution in [2.45, 2.75) is 31.0 Å². The van der Waals surface area contributed by atoms with E-state index in [-0.39, 0.29) is 0 Å². The molecule has 0 radical (unpaired) electrons. The summed E-state index contributed by atoms with van der Waals surface area (Å²) < 4.78 is 52.1. The van der Waals surface area contributed by atoms with Crippen LogP contribution in [0.2, 0.25) is 0 Å². The Hall–Kier alpha value is -1.95. The van der Waals surface area contributed by atoms with E-state index in [0.717, 1.165) is 5.56 Å². The van der Waals surface area contributed by atoms with Gasteiger partial charge in [-0.2, -0.15) is 13.2 Å². The van der Waals surface area contributed by atoms with Crippen molar-refractivity contribution in [3.05, 3.63) is 65.7 Å². The lowest BCUT2D eigenvalue weighted by Crippen LogP contribution is -2.29. The summed E-state index contributed by atoms with van der Waals surface area (Å²) >= 11 is 0. The molecule has 128 valence electrons. The molecule has 0 aliphatic carbocycles. The molecule has 0 amide bonds. The van der Waals surface area contributed by atoms with E-state index < -0.39 is 34.5 Å². The molecule has 24 heavy (non-hydrogen) atoms. The summed E-state index contributed by atoms with van der Waals surface area (Å²) in [5, 5.41) is 0. The molecule has 0 spiro atoms. The minimum Gasteiger partial charge on any atom is -0.276 e. The Morgan fingerprint density at radius 3 is 2.21 bits per heavy atom. The maximum Gasteiger partial charge on any atom is 0.430 e. The molecule has 2 aromatic carbocycles. The predicted octanol–water partition coefficient (Wildman–Crippen LogP) is 4.87. The number of hydrogen-bond donors (Lipinski definition) is 0. The van der Waals surface area contributed by atoms with Crippen LogP contribution in [0.5, 0.6) is 0 Å². The molecule has 0 unspecified atom stereocenters. The minimum absolute atomic E-state index is 0.366. The Morgan fingerprint density at radius 2 is 1.67 bits per heavy atom. The van der Waals surface area contributed by atoms with Crippen LogP contribution in [0.3, 0.4) is 0 Å². The average molecular weight is 353 g/mol. The molecule has 0 N–H and O–H groups in total. The second-order valence-corrected chi connectivity index (χ2v) is 6.91. The summed E-state index contributed by atoms with van der Waals surface area (Å²) in [4.78, 5) is 4.17. The van der Waals surface area contributed by atoms with Crippen LogP contribution in [-0.4, -0.2) is 21.8 Å². The van der Waals surface area contributed by atoms with Crippen LogP contribution in [0, 0.1) is 6.92 Å². The quantitative estimate of drug-likeness (QED) is 0.705. The highest BCUT2D eigenvalue weighted by Crippen LogP contribution is 2.24. The lowest BCUT2D eigenvalue weighted by molar-refractivity contribution is -0.0593. The third-order valence-electron chi connectivity index (χ3n) is 3.51. The van der Waals surface area contributed by atoms with Gasteiger partial charge in [-0.3, -0.25) is 9.20 Å². The topological polar surface area (TPSA) is 29.4 Å². The Balaban J connectivity index is 2.24. The monoisotopic (exact) mass is 353 g/mol. The first-order valence-electron chi connectivity index (χ1n) is 7.41. The molecule has 0 bridgehead atoms. The summed E-state index contributed by atoms with van der Waals surface area (Å²) in [7, 11) is -1.79. The second kappa shape index (κ2) is 7.75. The van der Waals surface area contributed by atoms with Gasteiger partial charge in [-0.25, -0.2) is 0 Å².